The number of nitrogens with one attached hydrogen (secondary N) is 1. The molecule has 0 spiro atoms. The Hall–Kier alpha value is -2.44. The van der Waals surface area contributed by atoms with Crippen LogP contribution in [0.25, 0.3) is 0 Å². The van der Waals surface area contributed by atoms with Gasteiger partial charge in [0, 0.05) is 0 Å². The van der Waals surface area contributed by atoms with Gasteiger partial charge in [-0.1, -0.05) is 11.2 Å². The largest absolute Gasteiger partial charge is 0.493 e. The van der Waals surface area contributed by atoms with Crippen LogP contribution in [-0.4, -0.2) is 36.7 Å². The molecule has 1 aromatic rings. The highest BCUT2D eigenvalue weighted by Crippen LogP contribution is 2.27. The van der Waals surface area contributed by atoms with Gasteiger partial charge in [-0.25, -0.2) is 0 Å². The molecule has 116 valence electrons. The Morgan fingerprint density at radius 1 is 1.33 bits per heavy atom. The molecule has 0 aliphatic heterocycles. The van der Waals surface area contributed by atoms with E-state index in [-0.39, 0.29) is 18.2 Å². The third kappa shape index (κ3) is 4.27. The molecule has 0 aliphatic rings. The van der Waals surface area contributed by atoms with Gasteiger partial charge in [0.15, 0.2) is 17.3 Å². The third-order valence-corrected chi connectivity index (χ3v) is 3.01. The lowest BCUT2D eigenvalue weighted by atomic mass is 10.0. The van der Waals surface area contributed by atoms with E-state index in [1.54, 1.807) is 39.2 Å². The number of nitrogens with zero attached hydrogens (tertiary/aromatic N) is 1. The normalized spacial score (nSPS) is 11.9. The minimum Gasteiger partial charge on any atom is -0.493 e. The van der Waals surface area contributed by atoms with Crippen molar-refractivity contribution in [2.24, 2.45) is 10.9 Å². The maximum atomic E-state index is 12.0. The molecule has 0 atom stereocenters. The molecular weight excluding hydrogens is 274 g/mol. The first-order valence-corrected chi connectivity index (χ1v) is 6.34. The van der Waals surface area contributed by atoms with E-state index in [2.05, 4.69) is 10.5 Å². The van der Waals surface area contributed by atoms with Crippen molar-refractivity contribution in [2.75, 3.05) is 14.2 Å². The summed E-state index contributed by atoms with van der Waals surface area (Å²) in [5.74, 6) is 0.833. The molecular formula is C14H21N3O4. The predicted molar refractivity (Wildman–Crippen MR) is 78.9 cm³/mol. The van der Waals surface area contributed by atoms with Gasteiger partial charge < -0.3 is 25.7 Å². The van der Waals surface area contributed by atoms with Crippen LogP contribution in [0.3, 0.4) is 0 Å². The van der Waals surface area contributed by atoms with Crippen LogP contribution in [0.2, 0.25) is 0 Å². The molecule has 0 unspecified atom stereocenters. The van der Waals surface area contributed by atoms with Crippen LogP contribution in [-0.2, 0) is 11.2 Å². The molecule has 0 saturated carbocycles. The average Bonchev–Trinajstić information content (AvgIpc) is 2.45. The zero-order valence-electron chi connectivity index (χ0n) is 12.6. The molecule has 1 amide bonds. The van der Waals surface area contributed by atoms with Gasteiger partial charge in [0.05, 0.1) is 26.2 Å². The van der Waals surface area contributed by atoms with Gasteiger partial charge in [0.2, 0.25) is 5.91 Å². The SMILES string of the molecule is COc1ccc(CC(=O)NC(C)(C)/C(N)=N/O)cc1OC. The maximum absolute atomic E-state index is 12.0. The second-order valence-electron chi connectivity index (χ2n) is 5.02. The van der Waals surface area contributed by atoms with Crippen LogP contribution in [0.15, 0.2) is 23.4 Å². The van der Waals surface area contributed by atoms with E-state index in [9.17, 15) is 4.79 Å². The van der Waals surface area contributed by atoms with Crippen molar-refractivity contribution in [2.45, 2.75) is 25.8 Å². The summed E-state index contributed by atoms with van der Waals surface area (Å²) < 4.78 is 10.3. The van der Waals surface area contributed by atoms with E-state index in [1.165, 1.54) is 7.11 Å². The van der Waals surface area contributed by atoms with E-state index in [0.29, 0.717) is 11.5 Å². The summed E-state index contributed by atoms with van der Waals surface area (Å²) in [6.45, 7) is 3.29. The fourth-order valence-corrected chi connectivity index (χ4v) is 1.76. The smallest absolute Gasteiger partial charge is 0.225 e. The molecule has 0 heterocycles. The van der Waals surface area contributed by atoms with Gasteiger partial charge in [0.1, 0.15) is 0 Å². The Bertz CT molecular complexity index is 541. The van der Waals surface area contributed by atoms with Crippen LogP contribution in [0.5, 0.6) is 11.5 Å². The number of methoxy groups -OCH3 is 2. The van der Waals surface area contributed by atoms with Crippen molar-refractivity contribution in [1.82, 2.24) is 5.32 Å². The van der Waals surface area contributed by atoms with Gasteiger partial charge in [0.25, 0.3) is 0 Å². The molecule has 1 rings (SSSR count). The molecule has 7 nitrogen and oxygen atoms in total. The standard InChI is InChI=1S/C14H21N3O4/c1-14(2,13(15)17-19)16-12(18)8-9-5-6-10(20-3)11(7-9)21-4/h5-7,19H,8H2,1-4H3,(H2,15,17)(H,16,18). The van der Waals surface area contributed by atoms with Crippen LogP contribution in [0.4, 0.5) is 0 Å². The van der Waals surface area contributed by atoms with Crippen molar-refractivity contribution in [3.63, 3.8) is 0 Å². The van der Waals surface area contributed by atoms with Gasteiger partial charge in [-0.3, -0.25) is 4.79 Å². The lowest BCUT2D eigenvalue weighted by Gasteiger charge is -2.24. The number of hydrogen-bond acceptors (Lipinski definition) is 5. The highest BCUT2D eigenvalue weighted by Gasteiger charge is 2.25. The number of rotatable bonds is 6. The van der Waals surface area contributed by atoms with E-state index >= 15 is 0 Å². The first kappa shape index (κ1) is 16.6. The van der Waals surface area contributed by atoms with E-state index < -0.39 is 5.54 Å². The number of oxime groups is 1. The summed E-state index contributed by atoms with van der Waals surface area (Å²) in [5, 5.41) is 14.3. The quantitative estimate of drug-likeness (QED) is 0.313. The number of hydrogen-bond donors (Lipinski definition) is 3. The molecule has 21 heavy (non-hydrogen) atoms. The van der Waals surface area contributed by atoms with Crippen molar-refractivity contribution in [1.29, 1.82) is 0 Å². The molecule has 7 heteroatoms. The zero-order valence-corrected chi connectivity index (χ0v) is 12.6. The molecule has 0 fully saturated rings. The van der Waals surface area contributed by atoms with Crippen molar-refractivity contribution in [3.05, 3.63) is 23.8 Å². The summed E-state index contributed by atoms with van der Waals surface area (Å²) in [7, 11) is 3.08. The summed E-state index contributed by atoms with van der Waals surface area (Å²) in [6, 6.07) is 5.24. The van der Waals surface area contributed by atoms with Gasteiger partial charge in [-0.15, -0.1) is 0 Å². The highest BCUT2D eigenvalue weighted by molar-refractivity contribution is 5.93. The predicted octanol–water partition coefficient (Wildman–Crippen LogP) is 0.888. The summed E-state index contributed by atoms with van der Waals surface area (Å²) in [5.41, 5.74) is 5.36. The van der Waals surface area contributed by atoms with Crippen molar-refractivity contribution < 1.29 is 19.5 Å². The molecule has 0 aliphatic carbocycles. The Morgan fingerprint density at radius 2 is 1.95 bits per heavy atom. The number of nitrogens with two attached hydrogens (primary N) is 1. The summed E-state index contributed by atoms with van der Waals surface area (Å²) in [4.78, 5) is 12.0. The highest BCUT2D eigenvalue weighted by atomic mass is 16.5. The lowest BCUT2D eigenvalue weighted by molar-refractivity contribution is -0.121. The second-order valence-corrected chi connectivity index (χ2v) is 5.02. The number of carbonyl (C=O) groups is 1. The molecule has 1 aromatic carbocycles. The summed E-state index contributed by atoms with van der Waals surface area (Å²) >= 11 is 0. The molecule has 0 bridgehead atoms. The van der Waals surface area contributed by atoms with Crippen LogP contribution < -0.4 is 20.5 Å². The second kappa shape index (κ2) is 6.83. The summed E-state index contributed by atoms with van der Waals surface area (Å²) in [6.07, 6.45) is 0.141. The van der Waals surface area contributed by atoms with Crippen molar-refractivity contribution >= 4 is 11.7 Å². The molecule has 0 saturated heterocycles. The Balaban J connectivity index is 2.80. The topological polar surface area (TPSA) is 106 Å². The maximum Gasteiger partial charge on any atom is 0.225 e. The van der Waals surface area contributed by atoms with Gasteiger partial charge in [-0.2, -0.15) is 0 Å². The van der Waals surface area contributed by atoms with Crippen LogP contribution in [0.1, 0.15) is 19.4 Å². The first-order valence-electron chi connectivity index (χ1n) is 6.34. The Kier molecular flexibility index (Phi) is 5.40. The first-order chi connectivity index (χ1) is 9.83. The van der Waals surface area contributed by atoms with Crippen molar-refractivity contribution in [3.8, 4) is 11.5 Å². The Morgan fingerprint density at radius 3 is 2.48 bits per heavy atom. The fraction of sp³-hybridized carbons (Fsp3) is 0.429. The number of benzene rings is 1. The van der Waals surface area contributed by atoms with E-state index in [4.69, 9.17) is 20.4 Å². The minimum atomic E-state index is -0.928. The average molecular weight is 295 g/mol. The fourth-order valence-electron chi connectivity index (χ4n) is 1.76. The molecule has 0 radical (unpaired) electrons. The van der Waals surface area contributed by atoms with E-state index in [0.717, 1.165) is 5.56 Å². The number of amidine groups is 1. The number of amides is 1. The molecule has 4 N–H and O–H groups in total. The minimum absolute atomic E-state index is 0.0665. The number of carbonyl (C=O) groups excluding carboxylic acids is 1. The Labute approximate surface area is 123 Å². The lowest BCUT2D eigenvalue weighted by Crippen LogP contribution is -2.53. The van der Waals surface area contributed by atoms with Gasteiger partial charge in [-0.05, 0) is 31.5 Å². The van der Waals surface area contributed by atoms with Crippen LogP contribution >= 0.6 is 0 Å². The zero-order chi connectivity index (χ0) is 16.0. The monoisotopic (exact) mass is 295 g/mol. The van der Waals surface area contributed by atoms with Crippen LogP contribution in [0, 0.1) is 0 Å². The number of ether oxygens (including phenoxy) is 2. The van der Waals surface area contributed by atoms with E-state index in [1.807, 2.05) is 0 Å². The third-order valence-electron chi connectivity index (χ3n) is 3.01. The molecule has 0 aromatic heterocycles. The van der Waals surface area contributed by atoms with Gasteiger partial charge >= 0.3 is 0 Å².